The molecule has 4 rings (SSSR count). The second-order valence-corrected chi connectivity index (χ2v) is 10.4. The molecule has 0 radical (unpaired) electrons. The first-order chi connectivity index (χ1) is 14.8. The Morgan fingerprint density at radius 2 is 1.90 bits per heavy atom. The lowest BCUT2D eigenvalue weighted by Crippen LogP contribution is -2.50. The molecule has 1 aliphatic heterocycles. The van der Waals surface area contributed by atoms with Crippen LogP contribution in [-0.2, 0) is 27.8 Å². The molecule has 11 heteroatoms. The molecule has 1 atom stereocenters. The monoisotopic (exact) mass is 477 g/mol. The maximum absolute atomic E-state index is 13.3. The first kappa shape index (κ1) is 21.4. The second-order valence-electron chi connectivity index (χ2n) is 6.88. The predicted octanol–water partition coefficient (Wildman–Crippen LogP) is 4.06. The third-order valence-electron chi connectivity index (χ3n) is 4.98. The molecule has 1 aromatic heterocycles. The Labute approximate surface area is 187 Å². The number of halogens is 1. The molecule has 3 aromatic rings. The van der Waals surface area contributed by atoms with Crippen LogP contribution in [0.4, 0.5) is 11.4 Å². The highest BCUT2D eigenvalue weighted by Gasteiger charge is 2.40. The number of thiophene rings is 1. The fraction of sp³-hybridized carbons (Fsp3) is 0.150. The number of rotatable bonds is 5. The first-order valence-electron chi connectivity index (χ1n) is 9.14. The Morgan fingerprint density at radius 3 is 2.58 bits per heavy atom. The van der Waals surface area contributed by atoms with Crippen molar-refractivity contribution in [1.82, 2.24) is 4.31 Å². The van der Waals surface area contributed by atoms with E-state index in [1.807, 2.05) is 24.3 Å². The molecule has 1 N–H and O–H groups in total. The molecule has 0 saturated carbocycles. The molecular formula is C20H16ClN3O5S2. The number of benzene rings is 2. The van der Waals surface area contributed by atoms with Gasteiger partial charge in [-0.05, 0) is 41.1 Å². The summed E-state index contributed by atoms with van der Waals surface area (Å²) < 4.78 is 27.9. The molecule has 1 amide bonds. The van der Waals surface area contributed by atoms with E-state index in [2.05, 4.69) is 5.32 Å². The minimum Gasteiger partial charge on any atom is -0.324 e. The van der Waals surface area contributed by atoms with Gasteiger partial charge in [0, 0.05) is 18.3 Å². The van der Waals surface area contributed by atoms with Gasteiger partial charge in [-0.2, -0.15) is 4.31 Å². The van der Waals surface area contributed by atoms with E-state index in [-0.39, 0.29) is 33.6 Å². The molecule has 8 nitrogen and oxygen atoms in total. The van der Waals surface area contributed by atoms with Crippen LogP contribution in [0.25, 0.3) is 0 Å². The van der Waals surface area contributed by atoms with Gasteiger partial charge in [0.15, 0.2) is 0 Å². The number of nitrogens with one attached hydrogen (secondary N) is 1. The highest BCUT2D eigenvalue weighted by atomic mass is 35.5. The Bertz CT molecular complexity index is 1260. The molecule has 0 unspecified atom stereocenters. The van der Waals surface area contributed by atoms with E-state index in [9.17, 15) is 23.3 Å². The van der Waals surface area contributed by atoms with Gasteiger partial charge in [-0.3, -0.25) is 14.9 Å². The van der Waals surface area contributed by atoms with Crippen molar-refractivity contribution in [3.63, 3.8) is 0 Å². The molecule has 31 heavy (non-hydrogen) atoms. The van der Waals surface area contributed by atoms with Crippen LogP contribution in [0.3, 0.4) is 0 Å². The van der Waals surface area contributed by atoms with Gasteiger partial charge in [0.25, 0.3) is 15.7 Å². The highest BCUT2D eigenvalue weighted by Crippen LogP contribution is 2.32. The van der Waals surface area contributed by atoms with E-state index in [0.29, 0.717) is 0 Å². The summed E-state index contributed by atoms with van der Waals surface area (Å²) in [5.41, 5.74) is 1.51. The van der Waals surface area contributed by atoms with E-state index in [0.717, 1.165) is 28.5 Å². The summed E-state index contributed by atoms with van der Waals surface area (Å²) in [6, 6.07) is 13.4. The number of nitro groups is 1. The summed E-state index contributed by atoms with van der Waals surface area (Å²) in [6.07, 6.45) is 0.183. The summed E-state index contributed by atoms with van der Waals surface area (Å²) in [5, 5.41) is 15.3. The molecule has 0 fully saturated rings. The van der Waals surface area contributed by atoms with Gasteiger partial charge in [-0.25, -0.2) is 8.42 Å². The molecule has 0 saturated heterocycles. The maximum atomic E-state index is 13.3. The third-order valence-corrected chi connectivity index (χ3v) is 8.52. The summed E-state index contributed by atoms with van der Waals surface area (Å²) in [7, 11) is -3.91. The quantitative estimate of drug-likeness (QED) is 0.440. The first-order valence-corrected chi connectivity index (χ1v) is 11.8. The third kappa shape index (κ3) is 4.19. The van der Waals surface area contributed by atoms with Crippen molar-refractivity contribution < 1.29 is 18.1 Å². The Hall–Kier alpha value is -2.79. The number of hydrogen-bond acceptors (Lipinski definition) is 6. The van der Waals surface area contributed by atoms with Crippen LogP contribution < -0.4 is 5.32 Å². The average Bonchev–Trinajstić information content (AvgIpc) is 3.30. The van der Waals surface area contributed by atoms with Crippen LogP contribution in [0.5, 0.6) is 0 Å². The van der Waals surface area contributed by atoms with Crippen LogP contribution in [-0.4, -0.2) is 29.6 Å². The van der Waals surface area contributed by atoms with E-state index >= 15 is 0 Å². The van der Waals surface area contributed by atoms with Crippen molar-refractivity contribution in [2.45, 2.75) is 23.2 Å². The van der Waals surface area contributed by atoms with Crippen LogP contribution >= 0.6 is 22.9 Å². The molecular weight excluding hydrogens is 462 g/mol. The van der Waals surface area contributed by atoms with Gasteiger partial charge in [-0.15, -0.1) is 11.3 Å². The van der Waals surface area contributed by atoms with Gasteiger partial charge < -0.3 is 5.32 Å². The van der Waals surface area contributed by atoms with E-state index in [1.165, 1.54) is 22.5 Å². The standard InChI is InChI=1S/C20H16ClN3O5S2/c21-16-8-7-15(11-17(16)24(26)27)22-20(25)18-10-13-4-1-2-5-14(13)12-23(18)31(28,29)19-6-3-9-30-19/h1-9,11,18H,10,12H2,(H,22,25)/t18-/m0/s1. The minimum absolute atomic E-state index is 0.0509. The van der Waals surface area contributed by atoms with E-state index in [4.69, 9.17) is 11.6 Å². The van der Waals surface area contributed by atoms with Gasteiger partial charge >= 0.3 is 0 Å². The summed E-state index contributed by atoms with van der Waals surface area (Å²) in [5.74, 6) is -0.578. The Kier molecular flexibility index (Phi) is 5.80. The van der Waals surface area contributed by atoms with Gasteiger partial charge in [0.1, 0.15) is 15.3 Å². The predicted molar refractivity (Wildman–Crippen MR) is 118 cm³/mol. The highest BCUT2D eigenvalue weighted by molar-refractivity contribution is 7.91. The number of nitrogens with zero attached hydrogens (tertiary/aromatic N) is 2. The zero-order valence-electron chi connectivity index (χ0n) is 15.9. The molecule has 0 spiro atoms. The minimum atomic E-state index is -3.91. The molecule has 0 bridgehead atoms. The van der Waals surface area contributed by atoms with Crippen LogP contribution in [0.15, 0.2) is 64.2 Å². The van der Waals surface area contributed by atoms with Gasteiger partial charge in [-0.1, -0.05) is 41.9 Å². The molecule has 2 heterocycles. The van der Waals surface area contributed by atoms with Crippen molar-refractivity contribution in [1.29, 1.82) is 0 Å². The van der Waals surface area contributed by atoms with Crippen molar-refractivity contribution >= 4 is 50.2 Å². The SMILES string of the molecule is O=C(Nc1ccc(Cl)c([N+](=O)[O-])c1)[C@@H]1Cc2ccccc2CN1S(=O)(=O)c1cccs1. The number of amides is 1. The second kappa shape index (κ2) is 8.39. The lowest BCUT2D eigenvalue weighted by atomic mass is 9.95. The van der Waals surface area contributed by atoms with Crippen LogP contribution in [0.2, 0.25) is 5.02 Å². The van der Waals surface area contributed by atoms with Gasteiger partial charge in [0.2, 0.25) is 5.91 Å². The number of hydrogen-bond donors (Lipinski definition) is 1. The maximum Gasteiger partial charge on any atom is 0.289 e. The fourth-order valence-corrected chi connectivity index (χ4v) is 6.33. The zero-order valence-corrected chi connectivity index (χ0v) is 18.3. The van der Waals surface area contributed by atoms with Crippen LogP contribution in [0.1, 0.15) is 11.1 Å². The van der Waals surface area contributed by atoms with Crippen molar-refractivity contribution in [2.75, 3.05) is 5.32 Å². The number of sulfonamides is 1. The summed E-state index contributed by atoms with van der Waals surface area (Å²) in [6.45, 7) is 0.0509. The fourth-order valence-electron chi connectivity index (χ4n) is 3.46. The number of carbonyl (C=O) groups is 1. The summed E-state index contributed by atoms with van der Waals surface area (Å²) >= 11 is 6.91. The lowest BCUT2D eigenvalue weighted by Gasteiger charge is -2.34. The van der Waals surface area contributed by atoms with Crippen molar-refractivity contribution in [3.05, 3.63) is 86.2 Å². The van der Waals surface area contributed by atoms with E-state index < -0.39 is 26.9 Å². The van der Waals surface area contributed by atoms with Crippen molar-refractivity contribution in [2.24, 2.45) is 0 Å². The number of nitro benzene ring substituents is 1. The number of anilines is 1. The van der Waals surface area contributed by atoms with E-state index in [1.54, 1.807) is 11.4 Å². The molecule has 160 valence electrons. The topological polar surface area (TPSA) is 110 Å². The molecule has 1 aliphatic rings. The van der Waals surface area contributed by atoms with Gasteiger partial charge in [0.05, 0.1) is 4.92 Å². The number of fused-ring (bicyclic) bond motifs is 1. The van der Waals surface area contributed by atoms with Crippen LogP contribution in [0, 0.1) is 10.1 Å². The van der Waals surface area contributed by atoms with Crippen molar-refractivity contribution in [3.8, 4) is 0 Å². The normalized spacial score (nSPS) is 16.5. The smallest absolute Gasteiger partial charge is 0.289 e. The summed E-state index contributed by atoms with van der Waals surface area (Å²) in [4.78, 5) is 23.6. The Balaban J connectivity index is 1.69. The molecule has 2 aromatic carbocycles. The zero-order chi connectivity index (χ0) is 22.2. The molecule has 0 aliphatic carbocycles. The lowest BCUT2D eigenvalue weighted by molar-refractivity contribution is -0.384. The Morgan fingerprint density at radius 1 is 1.16 bits per heavy atom. The number of carbonyl (C=O) groups excluding carboxylic acids is 1. The average molecular weight is 478 g/mol. The largest absolute Gasteiger partial charge is 0.324 e.